The average molecular weight is 393 g/mol. The van der Waals surface area contributed by atoms with Crippen LogP contribution in [0.5, 0.6) is 11.5 Å². The van der Waals surface area contributed by atoms with Gasteiger partial charge >= 0.3 is 0 Å². The second-order valence-electron chi connectivity index (χ2n) is 6.11. The molecule has 0 spiro atoms. The van der Waals surface area contributed by atoms with Crippen molar-refractivity contribution in [3.63, 3.8) is 0 Å². The molecular weight excluding hydrogens is 374 g/mol. The van der Waals surface area contributed by atoms with Crippen LogP contribution in [-0.2, 0) is 4.74 Å². The van der Waals surface area contributed by atoms with Crippen LogP contribution < -0.4 is 15.2 Å². The van der Waals surface area contributed by atoms with Crippen molar-refractivity contribution in [3.05, 3.63) is 57.8 Å². The zero-order chi connectivity index (χ0) is 20.3. The molecule has 2 aromatic rings. The molecule has 3 rings (SSSR count). The minimum atomic E-state index is -1.57. The van der Waals surface area contributed by atoms with E-state index in [2.05, 4.69) is 12.1 Å². The van der Waals surface area contributed by atoms with E-state index in [1.807, 2.05) is 29.7 Å². The first-order valence-corrected chi connectivity index (χ1v) is 9.28. The second kappa shape index (κ2) is 7.87. The predicted molar refractivity (Wildman–Crippen MR) is 107 cm³/mol. The van der Waals surface area contributed by atoms with Crippen molar-refractivity contribution >= 4 is 22.5 Å². The van der Waals surface area contributed by atoms with Crippen molar-refractivity contribution < 1.29 is 14.2 Å². The van der Waals surface area contributed by atoms with Gasteiger partial charge in [0.1, 0.15) is 5.92 Å². The van der Waals surface area contributed by atoms with Crippen LogP contribution in [0.4, 0.5) is 0 Å². The van der Waals surface area contributed by atoms with Gasteiger partial charge in [-0.2, -0.15) is 10.5 Å². The molecular formula is C21H19N3O3S. The molecule has 1 aromatic heterocycles. The van der Waals surface area contributed by atoms with Crippen LogP contribution in [0.1, 0.15) is 10.4 Å². The molecule has 2 unspecified atom stereocenters. The van der Waals surface area contributed by atoms with Gasteiger partial charge in [-0.3, -0.25) is 5.73 Å². The summed E-state index contributed by atoms with van der Waals surface area (Å²) in [5.74, 6) is 0.230. The third-order valence-corrected chi connectivity index (χ3v) is 5.69. The summed E-state index contributed by atoms with van der Waals surface area (Å²) in [6.45, 7) is 0. The molecule has 1 aromatic carbocycles. The third kappa shape index (κ3) is 3.06. The number of allylic oxidation sites excluding steroid dienone is 2. The zero-order valence-corrected chi connectivity index (χ0v) is 16.5. The molecule has 0 bridgehead atoms. The summed E-state index contributed by atoms with van der Waals surface area (Å²) in [7, 11) is 4.51. The van der Waals surface area contributed by atoms with Crippen LogP contribution in [0.15, 0.2) is 47.4 Å². The van der Waals surface area contributed by atoms with Crippen LogP contribution in [-0.4, -0.2) is 27.1 Å². The summed E-state index contributed by atoms with van der Waals surface area (Å²) in [6, 6.07) is 13.6. The van der Waals surface area contributed by atoms with Crippen LogP contribution in [0, 0.1) is 28.6 Å². The minimum Gasteiger partial charge on any atom is -0.493 e. The van der Waals surface area contributed by atoms with Crippen molar-refractivity contribution in [1.82, 2.24) is 0 Å². The largest absolute Gasteiger partial charge is 0.493 e. The van der Waals surface area contributed by atoms with Crippen molar-refractivity contribution in [3.8, 4) is 23.6 Å². The first kappa shape index (κ1) is 19.7. The number of benzene rings is 1. The standard InChI is InChI=1S/C21H19N3O3S/c1-25-18-7-6-13(9-19(18)26-2)14-10-15(20-5-4-8-28-20)17(12-23)21(24,27-3)16(14)11-22/h4-10,16H,24H2,1-3H3. The number of ether oxygens (including phenoxy) is 3. The Morgan fingerprint density at radius 3 is 2.39 bits per heavy atom. The fraction of sp³-hybridized carbons (Fsp3) is 0.238. The zero-order valence-electron chi connectivity index (χ0n) is 15.7. The predicted octanol–water partition coefficient (Wildman–Crippen LogP) is 3.58. The molecule has 0 aliphatic heterocycles. The summed E-state index contributed by atoms with van der Waals surface area (Å²) in [5.41, 5.74) is 7.20. The van der Waals surface area contributed by atoms with E-state index >= 15 is 0 Å². The first-order valence-electron chi connectivity index (χ1n) is 8.40. The molecule has 0 amide bonds. The number of nitrogens with two attached hydrogens (primary N) is 1. The Labute approximate surface area is 167 Å². The van der Waals surface area contributed by atoms with Gasteiger partial charge < -0.3 is 14.2 Å². The number of rotatable bonds is 5. The fourth-order valence-electron chi connectivity index (χ4n) is 3.32. The number of methoxy groups -OCH3 is 3. The summed E-state index contributed by atoms with van der Waals surface area (Å²) in [4.78, 5) is 0.873. The summed E-state index contributed by atoms with van der Waals surface area (Å²) in [5, 5.41) is 21.6. The van der Waals surface area contributed by atoms with E-state index in [4.69, 9.17) is 19.9 Å². The molecule has 2 N–H and O–H groups in total. The number of hydrogen-bond donors (Lipinski definition) is 1. The molecule has 6 nitrogen and oxygen atoms in total. The van der Waals surface area contributed by atoms with Crippen LogP contribution in [0.3, 0.4) is 0 Å². The number of thiophene rings is 1. The van der Waals surface area contributed by atoms with Gasteiger partial charge in [0, 0.05) is 17.6 Å². The highest BCUT2D eigenvalue weighted by Gasteiger charge is 2.46. The Morgan fingerprint density at radius 1 is 1.11 bits per heavy atom. The lowest BCUT2D eigenvalue weighted by Crippen LogP contribution is -2.52. The Hall–Kier alpha value is -3.10. The van der Waals surface area contributed by atoms with Gasteiger partial charge in [-0.05, 0) is 40.8 Å². The van der Waals surface area contributed by atoms with Crippen LogP contribution >= 0.6 is 11.3 Å². The van der Waals surface area contributed by atoms with E-state index in [0.717, 1.165) is 10.4 Å². The van der Waals surface area contributed by atoms with Crippen molar-refractivity contribution in [2.45, 2.75) is 5.72 Å². The molecule has 142 valence electrons. The van der Waals surface area contributed by atoms with Crippen molar-refractivity contribution in [1.29, 1.82) is 10.5 Å². The van der Waals surface area contributed by atoms with Gasteiger partial charge in [0.25, 0.3) is 0 Å². The Balaban J connectivity index is 2.29. The van der Waals surface area contributed by atoms with Crippen molar-refractivity contribution in [2.75, 3.05) is 21.3 Å². The normalized spacial score (nSPS) is 21.5. The topological polar surface area (TPSA) is 101 Å². The highest BCUT2D eigenvalue weighted by molar-refractivity contribution is 7.11. The van der Waals surface area contributed by atoms with E-state index in [1.54, 1.807) is 26.4 Å². The molecule has 1 aliphatic carbocycles. The molecule has 0 saturated heterocycles. The maximum Gasteiger partial charge on any atom is 0.173 e. The first-order chi connectivity index (χ1) is 13.5. The molecule has 1 aliphatic rings. The Morgan fingerprint density at radius 2 is 1.86 bits per heavy atom. The van der Waals surface area contributed by atoms with Gasteiger partial charge in [0.15, 0.2) is 17.2 Å². The number of nitriles is 2. The molecule has 0 radical (unpaired) electrons. The fourth-order valence-corrected chi connectivity index (χ4v) is 4.07. The number of nitrogens with zero attached hydrogens (tertiary/aromatic N) is 2. The lowest BCUT2D eigenvalue weighted by atomic mass is 9.75. The summed E-state index contributed by atoms with van der Waals surface area (Å²) in [6.07, 6.45) is 1.84. The SMILES string of the molecule is COc1ccc(C2=CC(c3cccs3)=C(C#N)C(N)(OC)C2C#N)cc1OC. The van der Waals surface area contributed by atoms with E-state index < -0.39 is 11.6 Å². The van der Waals surface area contributed by atoms with E-state index in [1.165, 1.54) is 18.4 Å². The van der Waals surface area contributed by atoms with Crippen molar-refractivity contribution in [2.24, 2.45) is 11.7 Å². The van der Waals surface area contributed by atoms with Gasteiger partial charge in [0.05, 0.1) is 31.9 Å². The van der Waals surface area contributed by atoms with Gasteiger partial charge in [-0.15, -0.1) is 11.3 Å². The van der Waals surface area contributed by atoms with Crippen LogP contribution in [0.2, 0.25) is 0 Å². The van der Waals surface area contributed by atoms with Gasteiger partial charge in [-0.1, -0.05) is 12.1 Å². The van der Waals surface area contributed by atoms with E-state index in [9.17, 15) is 10.5 Å². The quantitative estimate of drug-likeness (QED) is 0.779. The molecule has 7 heteroatoms. The van der Waals surface area contributed by atoms with E-state index in [0.29, 0.717) is 22.6 Å². The maximum absolute atomic E-state index is 9.91. The summed E-state index contributed by atoms with van der Waals surface area (Å²) >= 11 is 1.49. The maximum atomic E-state index is 9.91. The monoisotopic (exact) mass is 393 g/mol. The lowest BCUT2D eigenvalue weighted by Gasteiger charge is -2.37. The molecule has 0 saturated carbocycles. The Kier molecular flexibility index (Phi) is 5.53. The van der Waals surface area contributed by atoms with E-state index in [-0.39, 0.29) is 5.57 Å². The average Bonchev–Trinajstić information content (AvgIpc) is 3.27. The molecule has 28 heavy (non-hydrogen) atoms. The lowest BCUT2D eigenvalue weighted by molar-refractivity contribution is 0.0146. The smallest absolute Gasteiger partial charge is 0.173 e. The second-order valence-corrected chi connectivity index (χ2v) is 7.05. The highest BCUT2D eigenvalue weighted by atomic mass is 32.1. The number of hydrogen-bond acceptors (Lipinski definition) is 7. The van der Waals surface area contributed by atoms with Gasteiger partial charge in [0.2, 0.25) is 0 Å². The third-order valence-electron chi connectivity index (χ3n) is 4.78. The Bertz CT molecular complexity index is 1030. The van der Waals surface area contributed by atoms with Crippen LogP contribution in [0.25, 0.3) is 11.1 Å². The summed E-state index contributed by atoms with van der Waals surface area (Å²) < 4.78 is 16.2. The molecule has 2 atom stereocenters. The van der Waals surface area contributed by atoms with Gasteiger partial charge in [-0.25, -0.2) is 0 Å². The molecule has 0 fully saturated rings. The molecule has 1 heterocycles. The highest BCUT2D eigenvalue weighted by Crippen LogP contribution is 2.46. The minimum absolute atomic E-state index is 0.230.